The van der Waals surface area contributed by atoms with Crippen LogP contribution in [0.3, 0.4) is 0 Å². The first-order valence-electron chi connectivity index (χ1n) is 1.17. The molecule has 0 saturated heterocycles. The number of rotatable bonds is 0. The zero-order valence-corrected chi connectivity index (χ0v) is 4.60. The van der Waals surface area contributed by atoms with Crippen LogP contribution in [0.5, 0.6) is 0 Å². The SMILES string of the molecule is CC#N.CO.N.O. The third-order valence-electron chi connectivity index (χ3n) is 0. The summed E-state index contributed by atoms with van der Waals surface area (Å²) in [6.07, 6.45) is 0. The minimum Gasteiger partial charge on any atom is -0.412 e. The van der Waals surface area contributed by atoms with Crippen LogP contribution in [-0.2, 0) is 0 Å². The molecule has 0 atom stereocenters. The van der Waals surface area contributed by atoms with Crippen LogP contribution >= 0.6 is 0 Å². The van der Waals surface area contributed by atoms with Crippen LogP contribution in [0.4, 0.5) is 0 Å². The molecule has 0 radical (unpaired) electrons. The Balaban J connectivity index is -0.0000000105. The van der Waals surface area contributed by atoms with Crippen LogP contribution in [0.2, 0.25) is 0 Å². The van der Waals surface area contributed by atoms with Crippen molar-refractivity contribution in [3.63, 3.8) is 0 Å². The Morgan fingerprint density at radius 2 is 1.43 bits per heavy atom. The van der Waals surface area contributed by atoms with E-state index in [9.17, 15) is 0 Å². The molecule has 0 aliphatic carbocycles. The van der Waals surface area contributed by atoms with Gasteiger partial charge < -0.3 is 16.7 Å². The topological polar surface area (TPSA) is 111 Å². The zero-order chi connectivity index (χ0) is 4.71. The lowest BCUT2D eigenvalue weighted by atomic mass is 11.0. The van der Waals surface area contributed by atoms with Crippen LogP contribution in [0, 0.1) is 11.3 Å². The first kappa shape index (κ1) is 32.7. The molecule has 0 aromatic carbocycles. The molecule has 0 aromatic rings. The average Bonchev–Trinajstić information content (AvgIpc) is 1.46. The van der Waals surface area contributed by atoms with Crippen LogP contribution in [0.15, 0.2) is 0 Å². The van der Waals surface area contributed by atoms with E-state index in [1.807, 2.05) is 0 Å². The van der Waals surface area contributed by atoms with E-state index in [-0.39, 0.29) is 11.6 Å². The standard InChI is InChI=1S/C2H3N.CH4O.H3N.H2O/c1-2-3;1-2;;/h1H3;2H,1H3;1H3;1H2. The number of nitriles is 1. The van der Waals surface area contributed by atoms with Crippen molar-refractivity contribution in [2.75, 3.05) is 7.11 Å². The molecule has 0 heterocycles. The molecular weight excluding hydrogens is 96.0 g/mol. The van der Waals surface area contributed by atoms with Crippen LogP contribution in [0.1, 0.15) is 6.92 Å². The van der Waals surface area contributed by atoms with E-state index in [0.29, 0.717) is 0 Å². The summed E-state index contributed by atoms with van der Waals surface area (Å²) in [7, 11) is 1.00. The lowest BCUT2D eigenvalue weighted by molar-refractivity contribution is 0.399. The Morgan fingerprint density at radius 3 is 1.43 bits per heavy atom. The number of aliphatic hydroxyl groups is 1. The van der Waals surface area contributed by atoms with Crippen molar-refractivity contribution in [1.29, 1.82) is 5.26 Å². The van der Waals surface area contributed by atoms with Crippen molar-refractivity contribution in [3.05, 3.63) is 0 Å². The van der Waals surface area contributed by atoms with Gasteiger partial charge in [-0.15, -0.1) is 0 Å². The second-order valence-electron chi connectivity index (χ2n) is 0.224. The Labute approximate surface area is 43.3 Å². The van der Waals surface area contributed by atoms with E-state index >= 15 is 0 Å². The quantitative estimate of drug-likeness (QED) is 0.435. The maximum absolute atomic E-state index is 7.32. The largest absolute Gasteiger partial charge is 0.412 e. The van der Waals surface area contributed by atoms with E-state index in [4.69, 9.17) is 10.4 Å². The highest BCUT2D eigenvalue weighted by Crippen LogP contribution is 1.21. The zero-order valence-electron chi connectivity index (χ0n) is 4.60. The predicted octanol–water partition coefficient (Wildman–Crippen LogP) is -0.524. The van der Waals surface area contributed by atoms with Gasteiger partial charge in [0.15, 0.2) is 0 Å². The van der Waals surface area contributed by atoms with Gasteiger partial charge in [-0.1, -0.05) is 0 Å². The number of nitrogens with zero attached hydrogens (tertiary/aromatic N) is 1. The van der Waals surface area contributed by atoms with Gasteiger partial charge >= 0.3 is 0 Å². The van der Waals surface area contributed by atoms with Gasteiger partial charge in [0, 0.05) is 14.0 Å². The second kappa shape index (κ2) is 749. The molecule has 0 aliphatic heterocycles. The highest BCUT2D eigenvalue weighted by Gasteiger charge is 1.17. The molecule has 0 bridgehead atoms. The van der Waals surface area contributed by atoms with E-state index in [1.165, 1.54) is 6.92 Å². The van der Waals surface area contributed by atoms with E-state index < -0.39 is 0 Å². The van der Waals surface area contributed by atoms with E-state index in [2.05, 4.69) is 0 Å². The molecule has 6 N–H and O–H groups in total. The van der Waals surface area contributed by atoms with Crippen molar-refractivity contribution >= 4 is 0 Å². The minimum absolute atomic E-state index is 0. The van der Waals surface area contributed by atoms with Crippen LogP contribution in [-0.4, -0.2) is 17.7 Å². The van der Waals surface area contributed by atoms with Gasteiger partial charge in [0.2, 0.25) is 0 Å². The predicted molar refractivity (Wildman–Crippen MR) is 28.1 cm³/mol. The Kier molecular flexibility index (Phi) is 3500. The fourth-order valence-corrected chi connectivity index (χ4v) is 0. The van der Waals surface area contributed by atoms with Gasteiger partial charge in [0.05, 0.1) is 6.07 Å². The summed E-state index contributed by atoms with van der Waals surface area (Å²) in [5.74, 6) is 0. The van der Waals surface area contributed by atoms with Gasteiger partial charge in [-0.25, -0.2) is 0 Å². The van der Waals surface area contributed by atoms with Crippen molar-refractivity contribution < 1.29 is 10.6 Å². The second-order valence-corrected chi connectivity index (χ2v) is 0.224. The van der Waals surface area contributed by atoms with Crippen molar-refractivity contribution in [2.45, 2.75) is 6.92 Å². The molecule has 0 amide bonds. The highest BCUT2D eigenvalue weighted by molar-refractivity contribution is 4.51. The van der Waals surface area contributed by atoms with Crippen molar-refractivity contribution in [1.82, 2.24) is 6.15 Å². The molecule has 0 spiro atoms. The summed E-state index contributed by atoms with van der Waals surface area (Å²) in [4.78, 5) is 0. The first-order valence-corrected chi connectivity index (χ1v) is 1.17. The monoisotopic (exact) mass is 108 g/mol. The normalized spacial score (nSPS) is 2.00. The maximum Gasteiger partial charge on any atom is 0.0587 e. The molecule has 0 unspecified atom stereocenters. The van der Waals surface area contributed by atoms with Gasteiger partial charge in [-0.2, -0.15) is 5.26 Å². The van der Waals surface area contributed by atoms with Gasteiger partial charge in [0.1, 0.15) is 0 Å². The van der Waals surface area contributed by atoms with Gasteiger partial charge in [0.25, 0.3) is 0 Å². The van der Waals surface area contributed by atoms with Gasteiger partial charge in [-0.05, 0) is 0 Å². The Bertz CT molecular complexity index is 32.4. The Hall–Kier alpha value is -0.630. The number of aliphatic hydroxyl groups excluding tert-OH is 1. The fourth-order valence-electron chi connectivity index (χ4n) is 0. The van der Waals surface area contributed by atoms with Crippen molar-refractivity contribution in [3.8, 4) is 6.07 Å². The molecule has 0 fully saturated rings. The molecule has 0 saturated carbocycles. The smallest absolute Gasteiger partial charge is 0.0587 e. The molecular formula is C3H12N2O2. The summed E-state index contributed by atoms with van der Waals surface area (Å²) < 4.78 is 0. The summed E-state index contributed by atoms with van der Waals surface area (Å²) in [6, 6.07) is 1.75. The van der Waals surface area contributed by atoms with E-state index in [0.717, 1.165) is 7.11 Å². The summed E-state index contributed by atoms with van der Waals surface area (Å²) in [6.45, 7) is 1.43. The summed E-state index contributed by atoms with van der Waals surface area (Å²) in [5.41, 5.74) is 0. The molecule has 7 heavy (non-hydrogen) atoms. The molecule has 0 aromatic heterocycles. The van der Waals surface area contributed by atoms with Gasteiger partial charge in [-0.3, -0.25) is 0 Å². The highest BCUT2D eigenvalue weighted by atomic mass is 16.2. The Morgan fingerprint density at radius 1 is 1.43 bits per heavy atom. The summed E-state index contributed by atoms with van der Waals surface area (Å²) >= 11 is 0. The third kappa shape index (κ3) is 154. The molecule has 4 heteroatoms. The summed E-state index contributed by atoms with van der Waals surface area (Å²) in [5, 5.41) is 14.3. The van der Waals surface area contributed by atoms with Crippen molar-refractivity contribution in [2.24, 2.45) is 0 Å². The third-order valence-corrected chi connectivity index (χ3v) is 0. The average molecular weight is 108 g/mol. The lowest BCUT2D eigenvalue weighted by Crippen LogP contribution is -1.25. The molecule has 4 nitrogen and oxygen atoms in total. The molecule has 0 aliphatic rings. The maximum atomic E-state index is 7.32. The molecule has 0 rings (SSSR count). The fraction of sp³-hybridized carbons (Fsp3) is 0.667. The minimum atomic E-state index is 0. The van der Waals surface area contributed by atoms with Crippen LogP contribution in [0.25, 0.3) is 0 Å². The van der Waals surface area contributed by atoms with E-state index in [1.54, 1.807) is 6.07 Å². The number of hydrogen-bond acceptors (Lipinski definition) is 3. The first-order chi connectivity index (χ1) is 2.41. The number of hydrogen-bond donors (Lipinski definition) is 2. The van der Waals surface area contributed by atoms with Crippen LogP contribution < -0.4 is 6.15 Å². The lowest BCUT2D eigenvalue weighted by Gasteiger charge is -1.21. The molecule has 46 valence electrons.